The molecule has 8 heteroatoms. The number of carbonyl (C=O) groups excluding carboxylic acids is 2. The molecule has 2 heterocycles. The molecule has 1 fully saturated rings. The number of aromatic nitrogens is 1. The SMILES string of the molecule is COCCOC(=O)C1=C(C)NC(C)=C(C(=O)OC2CCCC2)C1c1cccc(C#N)n1. The van der Waals surface area contributed by atoms with Crippen molar-refractivity contribution in [1.82, 2.24) is 10.3 Å². The fourth-order valence-corrected chi connectivity index (χ4v) is 4.02. The number of hydrogen-bond acceptors (Lipinski definition) is 8. The number of esters is 2. The highest BCUT2D eigenvalue weighted by atomic mass is 16.6. The third-order valence-electron chi connectivity index (χ3n) is 5.48. The summed E-state index contributed by atoms with van der Waals surface area (Å²) in [4.78, 5) is 30.6. The Hall–Kier alpha value is -3.18. The molecule has 0 saturated heterocycles. The van der Waals surface area contributed by atoms with Crippen LogP contribution >= 0.6 is 0 Å². The molecule has 1 N–H and O–H groups in total. The van der Waals surface area contributed by atoms with Crippen molar-refractivity contribution in [3.8, 4) is 6.07 Å². The number of ether oxygens (including phenoxy) is 3. The molecule has 1 atom stereocenters. The van der Waals surface area contributed by atoms with Gasteiger partial charge in [-0.25, -0.2) is 14.6 Å². The maximum atomic E-state index is 13.2. The molecule has 1 saturated carbocycles. The van der Waals surface area contributed by atoms with E-state index in [0.29, 0.717) is 22.7 Å². The number of nitrogens with zero attached hydrogens (tertiary/aromatic N) is 2. The predicted molar refractivity (Wildman–Crippen MR) is 111 cm³/mol. The highest BCUT2D eigenvalue weighted by molar-refractivity contribution is 5.99. The molecule has 8 nitrogen and oxygen atoms in total. The smallest absolute Gasteiger partial charge is 0.337 e. The van der Waals surface area contributed by atoms with Crippen molar-refractivity contribution in [3.63, 3.8) is 0 Å². The zero-order valence-corrected chi connectivity index (χ0v) is 18.1. The highest BCUT2D eigenvalue weighted by Crippen LogP contribution is 2.39. The molecular formula is C23H27N3O5. The van der Waals surface area contributed by atoms with Crippen LogP contribution in [0.5, 0.6) is 0 Å². The first-order valence-electron chi connectivity index (χ1n) is 10.4. The molecule has 1 aliphatic carbocycles. The molecule has 2 aliphatic rings. The van der Waals surface area contributed by atoms with Crippen LogP contribution in [0.1, 0.15) is 56.8 Å². The van der Waals surface area contributed by atoms with Crippen LogP contribution < -0.4 is 5.32 Å². The largest absolute Gasteiger partial charge is 0.460 e. The molecule has 0 aromatic carbocycles. The average molecular weight is 425 g/mol. The van der Waals surface area contributed by atoms with E-state index in [4.69, 9.17) is 14.2 Å². The van der Waals surface area contributed by atoms with E-state index in [0.717, 1.165) is 25.7 Å². The van der Waals surface area contributed by atoms with E-state index in [2.05, 4.69) is 10.3 Å². The van der Waals surface area contributed by atoms with Crippen molar-refractivity contribution in [2.24, 2.45) is 0 Å². The number of hydrogen-bond donors (Lipinski definition) is 1. The van der Waals surface area contributed by atoms with Crippen molar-refractivity contribution in [1.29, 1.82) is 5.26 Å². The first-order chi connectivity index (χ1) is 15.0. The van der Waals surface area contributed by atoms with E-state index in [1.807, 2.05) is 6.07 Å². The van der Waals surface area contributed by atoms with Gasteiger partial charge in [0.1, 0.15) is 24.5 Å². The number of methoxy groups -OCH3 is 1. The highest BCUT2D eigenvalue weighted by Gasteiger charge is 2.39. The summed E-state index contributed by atoms with van der Waals surface area (Å²) < 4.78 is 16.1. The van der Waals surface area contributed by atoms with Crippen molar-refractivity contribution in [3.05, 3.63) is 52.1 Å². The molecule has 31 heavy (non-hydrogen) atoms. The van der Waals surface area contributed by atoms with E-state index >= 15 is 0 Å². The Kier molecular flexibility index (Phi) is 7.42. The zero-order chi connectivity index (χ0) is 22.4. The van der Waals surface area contributed by atoms with Gasteiger partial charge in [0.15, 0.2) is 0 Å². The summed E-state index contributed by atoms with van der Waals surface area (Å²) in [5.41, 5.74) is 2.33. The molecule has 1 unspecified atom stereocenters. The Morgan fingerprint density at radius 2 is 1.81 bits per heavy atom. The standard InChI is InChI=1S/C23H27N3O5/c1-14-19(22(27)30-12-11-29-3)21(18-10-6-7-16(13-24)26-18)20(15(2)25-14)23(28)31-17-8-4-5-9-17/h6-7,10,17,21,25H,4-5,8-9,11-12H2,1-3H3. The van der Waals surface area contributed by atoms with Crippen molar-refractivity contribution in [2.45, 2.75) is 51.6 Å². The number of dihydropyridines is 1. The lowest BCUT2D eigenvalue weighted by Gasteiger charge is -2.30. The monoisotopic (exact) mass is 425 g/mol. The van der Waals surface area contributed by atoms with Crippen LogP contribution in [-0.2, 0) is 23.8 Å². The summed E-state index contributed by atoms with van der Waals surface area (Å²) in [7, 11) is 1.52. The van der Waals surface area contributed by atoms with Crippen molar-refractivity contribution < 1.29 is 23.8 Å². The fraction of sp³-hybridized carbons (Fsp3) is 0.478. The average Bonchev–Trinajstić information content (AvgIpc) is 3.26. The molecule has 164 valence electrons. The Morgan fingerprint density at radius 3 is 2.45 bits per heavy atom. The van der Waals surface area contributed by atoms with E-state index in [9.17, 15) is 14.9 Å². The lowest BCUT2D eigenvalue weighted by atomic mass is 9.82. The fourth-order valence-electron chi connectivity index (χ4n) is 4.02. The van der Waals surface area contributed by atoms with Gasteiger partial charge in [0, 0.05) is 18.5 Å². The maximum absolute atomic E-state index is 13.2. The van der Waals surface area contributed by atoms with Gasteiger partial charge in [-0.2, -0.15) is 5.26 Å². The number of rotatable bonds is 7. The molecule has 0 amide bonds. The predicted octanol–water partition coefficient (Wildman–Crippen LogP) is 2.86. The number of pyridine rings is 1. The molecule has 1 aromatic rings. The second kappa shape index (κ2) is 10.2. The maximum Gasteiger partial charge on any atom is 0.337 e. The summed E-state index contributed by atoms with van der Waals surface area (Å²) in [5, 5.41) is 12.4. The van der Waals surface area contributed by atoms with Crippen LogP contribution in [0.25, 0.3) is 0 Å². The minimum Gasteiger partial charge on any atom is -0.460 e. The summed E-state index contributed by atoms with van der Waals surface area (Å²) in [6.45, 7) is 3.85. The first-order valence-corrected chi connectivity index (χ1v) is 10.4. The van der Waals surface area contributed by atoms with E-state index in [1.165, 1.54) is 7.11 Å². The number of carbonyl (C=O) groups is 2. The van der Waals surface area contributed by atoms with Gasteiger partial charge in [0.25, 0.3) is 0 Å². The Morgan fingerprint density at radius 1 is 1.13 bits per heavy atom. The molecular weight excluding hydrogens is 398 g/mol. The minimum atomic E-state index is -0.807. The quantitative estimate of drug-likeness (QED) is 0.524. The van der Waals surface area contributed by atoms with E-state index < -0.39 is 17.9 Å². The molecule has 0 spiro atoms. The topological polar surface area (TPSA) is 111 Å². The van der Waals surface area contributed by atoms with Gasteiger partial charge in [-0.05, 0) is 51.7 Å². The molecule has 3 rings (SSSR count). The van der Waals surface area contributed by atoms with Gasteiger partial charge in [-0.3, -0.25) is 0 Å². The van der Waals surface area contributed by atoms with Gasteiger partial charge in [-0.1, -0.05) is 6.07 Å². The van der Waals surface area contributed by atoms with Gasteiger partial charge in [0.05, 0.1) is 29.4 Å². The van der Waals surface area contributed by atoms with E-state index in [-0.39, 0.29) is 30.6 Å². The second-order valence-electron chi connectivity index (χ2n) is 7.64. The Bertz CT molecular complexity index is 954. The summed E-state index contributed by atoms with van der Waals surface area (Å²) in [5.74, 6) is -1.87. The summed E-state index contributed by atoms with van der Waals surface area (Å²) >= 11 is 0. The van der Waals surface area contributed by atoms with Gasteiger partial charge in [-0.15, -0.1) is 0 Å². The van der Waals surface area contributed by atoms with Gasteiger partial charge in [0.2, 0.25) is 0 Å². The van der Waals surface area contributed by atoms with Crippen molar-refractivity contribution in [2.75, 3.05) is 20.3 Å². The van der Waals surface area contributed by atoms with Gasteiger partial charge < -0.3 is 19.5 Å². The second-order valence-corrected chi connectivity index (χ2v) is 7.64. The lowest BCUT2D eigenvalue weighted by molar-refractivity contribution is -0.144. The molecule has 1 aromatic heterocycles. The van der Waals surface area contributed by atoms with Crippen LogP contribution in [0.4, 0.5) is 0 Å². The number of allylic oxidation sites excluding steroid dienone is 2. The summed E-state index contributed by atoms with van der Waals surface area (Å²) in [6.07, 6.45) is 3.59. The van der Waals surface area contributed by atoms with Gasteiger partial charge >= 0.3 is 11.9 Å². The van der Waals surface area contributed by atoms with E-state index in [1.54, 1.807) is 32.0 Å². The van der Waals surface area contributed by atoms with Crippen LogP contribution in [0.2, 0.25) is 0 Å². The van der Waals surface area contributed by atoms with Crippen LogP contribution in [0, 0.1) is 11.3 Å². The zero-order valence-electron chi connectivity index (χ0n) is 18.1. The molecule has 1 aliphatic heterocycles. The van der Waals surface area contributed by atoms with Crippen molar-refractivity contribution >= 4 is 11.9 Å². The third kappa shape index (κ3) is 5.12. The minimum absolute atomic E-state index is 0.0784. The molecule has 0 bridgehead atoms. The van der Waals surface area contributed by atoms with Crippen LogP contribution in [0.15, 0.2) is 40.7 Å². The lowest BCUT2D eigenvalue weighted by Crippen LogP contribution is -2.34. The van der Waals surface area contributed by atoms with Crippen LogP contribution in [0.3, 0.4) is 0 Å². The molecule has 0 radical (unpaired) electrons. The van der Waals surface area contributed by atoms with Crippen LogP contribution in [-0.4, -0.2) is 43.4 Å². The third-order valence-corrected chi connectivity index (χ3v) is 5.48. The normalized spacial score (nSPS) is 19.1. The number of nitrogens with one attached hydrogen (secondary N) is 1. The Labute approximate surface area is 181 Å². The Balaban J connectivity index is 2.02. The first kappa shape index (κ1) is 22.5. The summed E-state index contributed by atoms with van der Waals surface area (Å²) in [6, 6.07) is 6.96. The number of nitriles is 1.